The van der Waals surface area contributed by atoms with E-state index in [0.717, 1.165) is 25.0 Å². The van der Waals surface area contributed by atoms with Gasteiger partial charge in [0.05, 0.1) is 17.5 Å². The maximum Gasteiger partial charge on any atom is 0.237 e. The number of carbonyl (C=O) groups is 2. The van der Waals surface area contributed by atoms with E-state index in [2.05, 4.69) is 32.9 Å². The van der Waals surface area contributed by atoms with Gasteiger partial charge < -0.3 is 4.74 Å². The van der Waals surface area contributed by atoms with Gasteiger partial charge in [-0.3, -0.25) is 14.5 Å². The van der Waals surface area contributed by atoms with Gasteiger partial charge in [-0.1, -0.05) is 32.9 Å². The van der Waals surface area contributed by atoms with Crippen molar-refractivity contribution >= 4 is 17.5 Å². The zero-order valence-corrected chi connectivity index (χ0v) is 17.2. The van der Waals surface area contributed by atoms with Gasteiger partial charge in [0.15, 0.2) is 0 Å². The van der Waals surface area contributed by atoms with Gasteiger partial charge >= 0.3 is 0 Å². The van der Waals surface area contributed by atoms with Crippen molar-refractivity contribution in [1.82, 2.24) is 0 Å². The van der Waals surface area contributed by atoms with Gasteiger partial charge in [0.1, 0.15) is 11.5 Å². The summed E-state index contributed by atoms with van der Waals surface area (Å²) in [6.45, 7) is 6.55. The normalized spacial score (nSPS) is 28.2. The standard InChI is InChI=1S/C25H27NO3/c1-25(2,3)17-6-10-19(11-7-17)29-20-12-8-18(9-13-20)26-23(27)21-15-4-5-16(14-15)22(21)24(26)28/h6-13,15-16,21-22H,4-5,14H2,1-3H3/t15-,16+,21+,22-. The Bertz CT molecular complexity index is 927. The Morgan fingerprint density at radius 3 is 1.76 bits per heavy atom. The van der Waals surface area contributed by atoms with Crippen LogP contribution >= 0.6 is 0 Å². The highest BCUT2D eigenvalue weighted by atomic mass is 16.5. The quantitative estimate of drug-likeness (QED) is 0.668. The first-order valence-electron chi connectivity index (χ1n) is 10.6. The van der Waals surface area contributed by atoms with Crippen LogP contribution in [0.5, 0.6) is 11.5 Å². The third kappa shape index (κ3) is 2.97. The second-order valence-electron chi connectivity index (χ2n) is 9.77. The summed E-state index contributed by atoms with van der Waals surface area (Å²) < 4.78 is 5.95. The Hall–Kier alpha value is -2.62. The molecule has 2 aromatic carbocycles. The number of nitrogens with zero attached hydrogens (tertiary/aromatic N) is 1. The van der Waals surface area contributed by atoms with Crippen LogP contribution in [-0.4, -0.2) is 11.8 Å². The molecule has 4 nitrogen and oxygen atoms in total. The highest BCUT2D eigenvalue weighted by Gasteiger charge is 2.61. The summed E-state index contributed by atoms with van der Waals surface area (Å²) in [5, 5.41) is 0. The van der Waals surface area contributed by atoms with Crippen molar-refractivity contribution < 1.29 is 14.3 Å². The molecular weight excluding hydrogens is 362 g/mol. The Morgan fingerprint density at radius 1 is 0.793 bits per heavy atom. The molecule has 2 aliphatic carbocycles. The topological polar surface area (TPSA) is 46.6 Å². The number of rotatable bonds is 3. The minimum Gasteiger partial charge on any atom is -0.457 e. The number of fused-ring (bicyclic) bond motifs is 5. The predicted molar refractivity (Wildman–Crippen MR) is 112 cm³/mol. The van der Waals surface area contributed by atoms with E-state index in [1.807, 2.05) is 36.4 Å². The third-order valence-electron chi connectivity index (χ3n) is 6.98. The number of hydrogen-bond donors (Lipinski definition) is 0. The summed E-state index contributed by atoms with van der Waals surface area (Å²) in [7, 11) is 0. The Morgan fingerprint density at radius 2 is 1.28 bits per heavy atom. The van der Waals surface area contributed by atoms with E-state index < -0.39 is 0 Å². The van der Waals surface area contributed by atoms with E-state index in [9.17, 15) is 9.59 Å². The third-order valence-corrected chi connectivity index (χ3v) is 6.98. The van der Waals surface area contributed by atoms with Crippen LogP contribution in [0.1, 0.15) is 45.6 Å². The van der Waals surface area contributed by atoms with Crippen molar-refractivity contribution in [2.75, 3.05) is 4.90 Å². The first kappa shape index (κ1) is 18.4. The zero-order chi connectivity index (χ0) is 20.3. The maximum absolute atomic E-state index is 13.0. The van der Waals surface area contributed by atoms with E-state index >= 15 is 0 Å². The Labute approximate surface area is 171 Å². The van der Waals surface area contributed by atoms with Crippen LogP contribution in [0.25, 0.3) is 0 Å². The second kappa shape index (κ2) is 6.45. The van der Waals surface area contributed by atoms with E-state index in [-0.39, 0.29) is 29.1 Å². The van der Waals surface area contributed by atoms with Crippen molar-refractivity contribution in [2.24, 2.45) is 23.7 Å². The minimum absolute atomic E-state index is 0.00126. The molecule has 0 N–H and O–H groups in total. The molecule has 150 valence electrons. The van der Waals surface area contributed by atoms with E-state index in [1.54, 1.807) is 0 Å². The molecule has 2 saturated carbocycles. The van der Waals surface area contributed by atoms with Gasteiger partial charge in [-0.2, -0.15) is 0 Å². The van der Waals surface area contributed by atoms with Gasteiger partial charge in [-0.05, 0) is 78.5 Å². The molecule has 5 rings (SSSR count). The zero-order valence-electron chi connectivity index (χ0n) is 17.2. The summed E-state index contributed by atoms with van der Waals surface area (Å²) in [4.78, 5) is 27.3. The number of hydrogen-bond acceptors (Lipinski definition) is 3. The fourth-order valence-electron chi connectivity index (χ4n) is 5.49. The molecule has 1 saturated heterocycles. The molecule has 4 atom stereocenters. The smallest absolute Gasteiger partial charge is 0.237 e. The van der Waals surface area contributed by atoms with Gasteiger partial charge in [-0.25, -0.2) is 0 Å². The second-order valence-corrected chi connectivity index (χ2v) is 9.77. The Balaban J connectivity index is 1.32. The summed E-state index contributed by atoms with van der Waals surface area (Å²) in [5.41, 5.74) is 2.02. The average Bonchev–Trinajstić information content (AvgIpc) is 3.36. The van der Waals surface area contributed by atoms with E-state index in [1.165, 1.54) is 10.5 Å². The molecule has 0 radical (unpaired) electrons. The Kier molecular flexibility index (Phi) is 4.09. The summed E-state index contributed by atoms with van der Waals surface area (Å²) in [6.07, 6.45) is 3.25. The molecule has 3 aliphatic rings. The van der Waals surface area contributed by atoms with E-state index in [4.69, 9.17) is 4.74 Å². The fraction of sp³-hybridized carbons (Fsp3) is 0.440. The molecule has 2 aromatic rings. The lowest BCUT2D eigenvalue weighted by Gasteiger charge is -2.19. The van der Waals surface area contributed by atoms with Crippen LogP contribution in [0.15, 0.2) is 48.5 Å². The lowest BCUT2D eigenvalue weighted by molar-refractivity contribution is -0.123. The van der Waals surface area contributed by atoms with Crippen LogP contribution in [0.2, 0.25) is 0 Å². The number of benzene rings is 2. The molecule has 1 heterocycles. The number of imide groups is 1. The maximum atomic E-state index is 13.0. The van der Waals surface area contributed by atoms with Crippen LogP contribution in [0.3, 0.4) is 0 Å². The minimum atomic E-state index is -0.0847. The number of anilines is 1. The van der Waals surface area contributed by atoms with Crippen molar-refractivity contribution in [1.29, 1.82) is 0 Å². The summed E-state index contributed by atoms with van der Waals surface area (Å²) in [5.74, 6) is 2.10. The lowest BCUT2D eigenvalue weighted by Crippen LogP contribution is -2.32. The number of amides is 2. The number of carbonyl (C=O) groups excluding carboxylic acids is 2. The molecule has 0 aromatic heterocycles. The average molecular weight is 389 g/mol. The predicted octanol–water partition coefficient (Wildman–Crippen LogP) is 5.31. The molecule has 4 heteroatoms. The molecule has 0 unspecified atom stereocenters. The fourth-order valence-corrected chi connectivity index (χ4v) is 5.49. The van der Waals surface area contributed by atoms with Crippen LogP contribution in [0, 0.1) is 23.7 Å². The highest BCUT2D eigenvalue weighted by Crippen LogP contribution is 2.56. The molecule has 29 heavy (non-hydrogen) atoms. The van der Waals surface area contributed by atoms with Gasteiger partial charge in [0.25, 0.3) is 0 Å². The van der Waals surface area contributed by atoms with Crippen molar-refractivity contribution in [3.63, 3.8) is 0 Å². The van der Waals surface area contributed by atoms with E-state index in [0.29, 0.717) is 23.3 Å². The van der Waals surface area contributed by atoms with Crippen LogP contribution < -0.4 is 9.64 Å². The highest BCUT2D eigenvalue weighted by molar-refractivity contribution is 6.22. The van der Waals surface area contributed by atoms with Crippen LogP contribution in [-0.2, 0) is 15.0 Å². The molecule has 1 aliphatic heterocycles. The van der Waals surface area contributed by atoms with Crippen LogP contribution in [0.4, 0.5) is 5.69 Å². The number of ether oxygens (including phenoxy) is 1. The largest absolute Gasteiger partial charge is 0.457 e. The first-order chi connectivity index (χ1) is 13.8. The SMILES string of the molecule is CC(C)(C)c1ccc(Oc2ccc(N3C(=O)[C@@H]4[C@H]5CC[C@H](C5)[C@@H]4C3=O)cc2)cc1. The van der Waals surface area contributed by atoms with Crippen molar-refractivity contribution in [2.45, 2.75) is 45.4 Å². The molecular formula is C25H27NO3. The monoisotopic (exact) mass is 389 g/mol. The van der Waals surface area contributed by atoms with Crippen molar-refractivity contribution in [3.05, 3.63) is 54.1 Å². The van der Waals surface area contributed by atoms with Gasteiger partial charge in [0, 0.05) is 0 Å². The first-order valence-corrected chi connectivity index (χ1v) is 10.6. The molecule has 3 fully saturated rings. The summed E-state index contributed by atoms with van der Waals surface area (Å²) >= 11 is 0. The molecule has 2 bridgehead atoms. The lowest BCUT2D eigenvalue weighted by atomic mass is 9.81. The van der Waals surface area contributed by atoms with Crippen molar-refractivity contribution in [3.8, 4) is 11.5 Å². The van der Waals surface area contributed by atoms with Gasteiger partial charge in [0.2, 0.25) is 11.8 Å². The molecule has 2 amide bonds. The molecule has 0 spiro atoms. The summed E-state index contributed by atoms with van der Waals surface area (Å²) in [6, 6.07) is 15.4. The van der Waals surface area contributed by atoms with Gasteiger partial charge in [-0.15, -0.1) is 0 Å².